The summed E-state index contributed by atoms with van der Waals surface area (Å²) in [6.07, 6.45) is 1.19. The maximum absolute atomic E-state index is 13.5. The SMILES string of the molecule is COC(=O)c1cnc(-c2ccc(F)c(F)c2F)s1. The van der Waals surface area contributed by atoms with E-state index in [0.29, 0.717) is 0 Å². The predicted molar refractivity (Wildman–Crippen MR) is 58.8 cm³/mol. The van der Waals surface area contributed by atoms with Gasteiger partial charge in [-0.15, -0.1) is 11.3 Å². The Bertz CT molecular complexity index is 612. The molecule has 3 nitrogen and oxygen atoms in total. The van der Waals surface area contributed by atoms with Crippen LogP contribution in [-0.2, 0) is 4.74 Å². The van der Waals surface area contributed by atoms with Crippen molar-refractivity contribution < 1.29 is 22.7 Å². The molecule has 7 heteroatoms. The molecule has 0 spiro atoms. The van der Waals surface area contributed by atoms with Crippen molar-refractivity contribution in [1.29, 1.82) is 0 Å². The Balaban J connectivity index is 2.47. The van der Waals surface area contributed by atoms with Crippen LogP contribution in [0.1, 0.15) is 9.67 Å². The van der Waals surface area contributed by atoms with Crippen molar-refractivity contribution >= 4 is 17.3 Å². The number of aromatic nitrogens is 1. The number of methoxy groups -OCH3 is 1. The summed E-state index contributed by atoms with van der Waals surface area (Å²) in [6, 6.07) is 1.86. The molecule has 94 valence electrons. The van der Waals surface area contributed by atoms with Gasteiger partial charge in [0.25, 0.3) is 0 Å². The minimum absolute atomic E-state index is 0.0757. The lowest BCUT2D eigenvalue weighted by molar-refractivity contribution is 0.0606. The molecule has 0 aliphatic carbocycles. The maximum atomic E-state index is 13.5. The molecule has 2 rings (SSSR count). The summed E-state index contributed by atoms with van der Waals surface area (Å²) in [6.45, 7) is 0. The first-order valence-electron chi connectivity index (χ1n) is 4.72. The monoisotopic (exact) mass is 273 g/mol. The number of ether oxygens (including phenoxy) is 1. The van der Waals surface area contributed by atoms with Gasteiger partial charge in [0.2, 0.25) is 0 Å². The number of benzene rings is 1. The van der Waals surface area contributed by atoms with E-state index >= 15 is 0 Å². The molecule has 1 heterocycles. The number of hydrogen-bond acceptors (Lipinski definition) is 4. The molecule has 0 fully saturated rings. The Labute approximate surface area is 104 Å². The van der Waals surface area contributed by atoms with Gasteiger partial charge < -0.3 is 4.74 Å². The smallest absolute Gasteiger partial charge is 0.349 e. The number of carbonyl (C=O) groups is 1. The molecule has 18 heavy (non-hydrogen) atoms. The zero-order valence-electron chi connectivity index (χ0n) is 9.04. The molecule has 0 N–H and O–H groups in total. The van der Waals surface area contributed by atoms with Gasteiger partial charge in [-0.1, -0.05) is 0 Å². The third-order valence-corrected chi connectivity index (χ3v) is 3.17. The highest BCUT2D eigenvalue weighted by Gasteiger charge is 2.18. The van der Waals surface area contributed by atoms with Gasteiger partial charge in [0, 0.05) is 5.56 Å². The van der Waals surface area contributed by atoms with E-state index < -0.39 is 23.4 Å². The highest BCUT2D eigenvalue weighted by Crippen LogP contribution is 2.29. The van der Waals surface area contributed by atoms with Crippen molar-refractivity contribution in [2.45, 2.75) is 0 Å². The third-order valence-electron chi connectivity index (χ3n) is 2.16. The van der Waals surface area contributed by atoms with Crippen LogP contribution in [0.3, 0.4) is 0 Å². The zero-order chi connectivity index (χ0) is 13.3. The van der Waals surface area contributed by atoms with E-state index in [1.165, 1.54) is 13.3 Å². The lowest BCUT2D eigenvalue weighted by Crippen LogP contribution is -1.96. The normalized spacial score (nSPS) is 10.4. The fourth-order valence-electron chi connectivity index (χ4n) is 1.28. The van der Waals surface area contributed by atoms with Crippen molar-refractivity contribution in [3.05, 3.63) is 40.7 Å². The number of carbonyl (C=O) groups excluding carboxylic acids is 1. The molecule has 0 amide bonds. The number of halogens is 3. The van der Waals surface area contributed by atoms with Crippen LogP contribution in [0.25, 0.3) is 10.6 Å². The topological polar surface area (TPSA) is 39.2 Å². The van der Waals surface area contributed by atoms with Gasteiger partial charge in [-0.3, -0.25) is 0 Å². The minimum Gasteiger partial charge on any atom is -0.465 e. The lowest BCUT2D eigenvalue weighted by Gasteiger charge is -2.00. The summed E-state index contributed by atoms with van der Waals surface area (Å²) >= 11 is 0.833. The van der Waals surface area contributed by atoms with Gasteiger partial charge in [0.1, 0.15) is 9.88 Å². The van der Waals surface area contributed by atoms with Crippen LogP contribution in [0.2, 0.25) is 0 Å². The molecule has 0 saturated carbocycles. The molecule has 1 aromatic heterocycles. The van der Waals surface area contributed by atoms with E-state index in [1.54, 1.807) is 0 Å². The Kier molecular flexibility index (Phi) is 3.33. The average molecular weight is 273 g/mol. The van der Waals surface area contributed by atoms with E-state index in [-0.39, 0.29) is 15.4 Å². The second kappa shape index (κ2) is 4.77. The maximum Gasteiger partial charge on any atom is 0.349 e. The van der Waals surface area contributed by atoms with Crippen molar-refractivity contribution in [3.63, 3.8) is 0 Å². The highest BCUT2D eigenvalue weighted by molar-refractivity contribution is 7.16. The minimum atomic E-state index is -1.57. The zero-order valence-corrected chi connectivity index (χ0v) is 9.85. The summed E-state index contributed by atoms with van der Waals surface area (Å²) in [7, 11) is 1.19. The Hall–Kier alpha value is -1.89. The Morgan fingerprint density at radius 3 is 2.67 bits per heavy atom. The molecule has 0 saturated heterocycles. The highest BCUT2D eigenvalue weighted by atomic mass is 32.1. The van der Waals surface area contributed by atoms with Gasteiger partial charge in [0.15, 0.2) is 17.5 Å². The molecule has 0 atom stereocenters. The molecule has 1 aromatic carbocycles. The van der Waals surface area contributed by atoms with Crippen LogP contribution in [0.5, 0.6) is 0 Å². The summed E-state index contributed by atoms with van der Waals surface area (Å²) in [4.78, 5) is 15.1. The van der Waals surface area contributed by atoms with Gasteiger partial charge in [-0.05, 0) is 12.1 Å². The van der Waals surface area contributed by atoms with Crippen LogP contribution < -0.4 is 0 Å². The quantitative estimate of drug-likeness (QED) is 0.623. The molecular formula is C11H6F3NO2S. The first kappa shape index (κ1) is 12.6. The first-order chi connectivity index (χ1) is 8.54. The van der Waals surface area contributed by atoms with E-state index in [1.807, 2.05) is 0 Å². The average Bonchev–Trinajstić information content (AvgIpc) is 2.84. The van der Waals surface area contributed by atoms with Crippen LogP contribution in [0.15, 0.2) is 18.3 Å². The predicted octanol–water partition coefficient (Wildman–Crippen LogP) is 3.01. The van der Waals surface area contributed by atoms with E-state index in [9.17, 15) is 18.0 Å². The largest absolute Gasteiger partial charge is 0.465 e. The number of nitrogens with zero attached hydrogens (tertiary/aromatic N) is 1. The van der Waals surface area contributed by atoms with Crippen LogP contribution in [-0.4, -0.2) is 18.1 Å². The summed E-state index contributed by atoms with van der Waals surface area (Å²) in [5, 5.41) is 0.0757. The second-order valence-corrected chi connectivity index (χ2v) is 4.27. The fraction of sp³-hybridized carbons (Fsp3) is 0.0909. The summed E-state index contributed by atoms with van der Waals surface area (Å²) in [5.74, 6) is -4.80. The van der Waals surface area contributed by atoms with Crippen molar-refractivity contribution in [2.24, 2.45) is 0 Å². The van der Waals surface area contributed by atoms with Gasteiger partial charge in [-0.2, -0.15) is 0 Å². The first-order valence-corrected chi connectivity index (χ1v) is 5.54. The summed E-state index contributed by atoms with van der Waals surface area (Å²) < 4.78 is 43.7. The van der Waals surface area contributed by atoms with Crippen LogP contribution >= 0.6 is 11.3 Å². The van der Waals surface area contributed by atoms with Crippen LogP contribution in [0.4, 0.5) is 13.2 Å². The standard InChI is InChI=1S/C11H6F3NO2S/c1-17-11(16)7-4-15-10(18-7)5-2-3-6(12)9(14)8(5)13/h2-4H,1H3. The Morgan fingerprint density at radius 1 is 1.28 bits per heavy atom. The molecule has 2 aromatic rings. The molecule has 0 radical (unpaired) electrons. The van der Waals surface area contributed by atoms with Crippen molar-refractivity contribution in [3.8, 4) is 10.6 Å². The number of hydrogen-bond donors (Lipinski definition) is 0. The van der Waals surface area contributed by atoms with E-state index in [0.717, 1.165) is 23.5 Å². The number of rotatable bonds is 2. The summed E-state index contributed by atoms with van der Waals surface area (Å²) in [5.41, 5.74) is -0.200. The number of thiazole rings is 1. The van der Waals surface area contributed by atoms with Gasteiger partial charge in [0.05, 0.1) is 13.3 Å². The van der Waals surface area contributed by atoms with E-state index in [2.05, 4.69) is 9.72 Å². The molecule has 0 aliphatic rings. The van der Waals surface area contributed by atoms with Crippen molar-refractivity contribution in [2.75, 3.05) is 7.11 Å². The molecular weight excluding hydrogens is 267 g/mol. The number of esters is 1. The van der Waals surface area contributed by atoms with Gasteiger partial charge >= 0.3 is 5.97 Å². The fourth-order valence-corrected chi connectivity index (χ4v) is 2.14. The second-order valence-electron chi connectivity index (χ2n) is 3.24. The molecule has 0 bridgehead atoms. The lowest BCUT2D eigenvalue weighted by atomic mass is 10.2. The van der Waals surface area contributed by atoms with Crippen LogP contribution in [0, 0.1) is 17.5 Å². The third kappa shape index (κ3) is 2.08. The Morgan fingerprint density at radius 2 is 2.00 bits per heavy atom. The van der Waals surface area contributed by atoms with Crippen molar-refractivity contribution in [1.82, 2.24) is 4.98 Å². The molecule has 0 unspecified atom stereocenters. The molecule has 0 aliphatic heterocycles. The van der Waals surface area contributed by atoms with Gasteiger partial charge in [-0.25, -0.2) is 22.9 Å². The van der Waals surface area contributed by atoms with E-state index in [4.69, 9.17) is 0 Å².